The molecule has 1 heterocycles. The molecule has 1 saturated carbocycles. The molecule has 3 rings (SSSR count). The van der Waals surface area contributed by atoms with Crippen molar-refractivity contribution in [2.24, 2.45) is 11.8 Å². The van der Waals surface area contributed by atoms with Crippen molar-refractivity contribution < 1.29 is 14.4 Å². The van der Waals surface area contributed by atoms with Crippen LogP contribution in [0.5, 0.6) is 0 Å². The van der Waals surface area contributed by atoms with Crippen LogP contribution in [0.3, 0.4) is 0 Å². The molecule has 27 heavy (non-hydrogen) atoms. The molecular weight excluding hydrogens is 364 g/mol. The Bertz CT molecular complexity index is 747. The average Bonchev–Trinajstić information content (AvgIpc) is 2.89. The number of carbonyl (C=O) groups excluding carboxylic acids is 3. The first-order chi connectivity index (χ1) is 12.9. The van der Waals surface area contributed by atoms with E-state index < -0.39 is 17.7 Å². The van der Waals surface area contributed by atoms with Gasteiger partial charge in [-0.2, -0.15) is 0 Å². The minimum atomic E-state index is -0.515. The van der Waals surface area contributed by atoms with E-state index in [2.05, 4.69) is 30.0 Å². The highest BCUT2D eigenvalue weighted by Crippen LogP contribution is 2.29. The number of amides is 3. The fraction of sp³-hybridized carbons (Fsp3) is 0.474. The number of benzene rings is 1. The van der Waals surface area contributed by atoms with Crippen molar-refractivity contribution in [3.8, 4) is 0 Å². The predicted molar refractivity (Wildman–Crippen MR) is 105 cm³/mol. The molecule has 3 amide bonds. The summed E-state index contributed by atoms with van der Waals surface area (Å²) in [5, 5.41) is 3.57. The first-order valence-corrected chi connectivity index (χ1v) is 9.60. The Kier molecular flexibility index (Phi) is 5.74. The zero-order chi connectivity index (χ0) is 19.6. The average molecular weight is 388 g/mol. The van der Waals surface area contributed by atoms with Crippen LogP contribution in [-0.4, -0.2) is 40.3 Å². The van der Waals surface area contributed by atoms with Gasteiger partial charge in [0, 0.05) is 6.04 Å². The number of nitrogens with one attached hydrogen (secondary N) is 3. The molecule has 1 fully saturated rings. The van der Waals surface area contributed by atoms with E-state index in [9.17, 15) is 14.4 Å². The molecule has 1 aliphatic carbocycles. The molecule has 0 aromatic heterocycles. The second kappa shape index (κ2) is 8.04. The lowest BCUT2D eigenvalue weighted by atomic mass is 9.78. The largest absolute Gasteiger partial charge is 0.358 e. The molecule has 2 aliphatic rings. The van der Waals surface area contributed by atoms with Crippen LogP contribution in [0, 0.1) is 11.8 Å². The second-order valence-corrected chi connectivity index (χ2v) is 7.67. The molecule has 3 atom stereocenters. The first kappa shape index (κ1) is 19.3. The number of nitrogens with zero attached hydrogens (tertiary/aromatic N) is 1. The lowest BCUT2D eigenvalue weighted by Crippen LogP contribution is -2.54. The van der Waals surface area contributed by atoms with Gasteiger partial charge in [0.05, 0.1) is 11.1 Å². The summed E-state index contributed by atoms with van der Waals surface area (Å²) >= 11 is 5.25. The molecule has 1 aromatic carbocycles. The van der Waals surface area contributed by atoms with E-state index in [1.807, 2.05) is 0 Å². The van der Waals surface area contributed by atoms with Gasteiger partial charge in [0.25, 0.3) is 17.7 Å². The lowest BCUT2D eigenvalue weighted by molar-refractivity contribution is -0.122. The third kappa shape index (κ3) is 4.10. The van der Waals surface area contributed by atoms with Gasteiger partial charge in [-0.05, 0) is 42.6 Å². The molecule has 0 bridgehead atoms. The van der Waals surface area contributed by atoms with E-state index in [4.69, 9.17) is 12.2 Å². The molecule has 0 radical (unpaired) electrons. The summed E-state index contributed by atoms with van der Waals surface area (Å²) in [5.74, 6) is -0.318. The monoisotopic (exact) mass is 388 g/mol. The first-order valence-electron chi connectivity index (χ1n) is 9.19. The lowest BCUT2D eigenvalue weighted by Gasteiger charge is -2.35. The Balaban J connectivity index is 1.48. The second-order valence-electron chi connectivity index (χ2n) is 7.26. The van der Waals surface area contributed by atoms with Crippen LogP contribution in [0.2, 0.25) is 0 Å². The smallest absolute Gasteiger partial charge is 0.262 e. The number of thiocarbonyl (C=S) groups is 1. The molecule has 1 aliphatic heterocycles. The minimum Gasteiger partial charge on any atom is -0.358 e. The molecule has 3 N–H and O–H groups in total. The highest BCUT2D eigenvalue weighted by molar-refractivity contribution is 7.80. The Morgan fingerprint density at radius 1 is 1.11 bits per heavy atom. The number of rotatable bonds is 3. The minimum absolute atomic E-state index is 0.266. The summed E-state index contributed by atoms with van der Waals surface area (Å²) in [6, 6.07) is 6.80. The van der Waals surface area contributed by atoms with E-state index in [1.165, 1.54) is 6.42 Å². The van der Waals surface area contributed by atoms with Crippen molar-refractivity contribution in [1.29, 1.82) is 0 Å². The highest BCUT2D eigenvalue weighted by atomic mass is 32.1. The van der Waals surface area contributed by atoms with Gasteiger partial charge in [-0.3, -0.25) is 30.1 Å². The standard InChI is InChI=1S/C19H24N4O3S/c1-11-6-5-9-15(12(11)2)20-19(27)22-21-16(24)10-23-17(25)13-7-3-4-8-14(13)18(23)26/h3-4,7-8,11-12,15H,5-6,9-10H2,1-2H3,(H,21,24)(H2,20,22,27)/t11-,12+,15+/m0/s1. The van der Waals surface area contributed by atoms with Gasteiger partial charge in [-0.1, -0.05) is 38.8 Å². The summed E-state index contributed by atoms with van der Waals surface area (Å²) < 4.78 is 0. The van der Waals surface area contributed by atoms with Crippen molar-refractivity contribution >= 4 is 35.1 Å². The van der Waals surface area contributed by atoms with Crippen LogP contribution < -0.4 is 16.2 Å². The van der Waals surface area contributed by atoms with Gasteiger partial charge in [0.1, 0.15) is 6.54 Å². The van der Waals surface area contributed by atoms with E-state index in [0.29, 0.717) is 28.1 Å². The summed E-state index contributed by atoms with van der Waals surface area (Å²) in [6.45, 7) is 4.07. The van der Waals surface area contributed by atoms with Crippen LogP contribution in [-0.2, 0) is 4.79 Å². The number of hydrogen-bond acceptors (Lipinski definition) is 4. The summed E-state index contributed by atoms with van der Waals surface area (Å²) in [4.78, 5) is 37.6. The van der Waals surface area contributed by atoms with Crippen molar-refractivity contribution in [1.82, 2.24) is 21.1 Å². The Morgan fingerprint density at radius 3 is 2.37 bits per heavy atom. The molecule has 0 spiro atoms. The highest BCUT2D eigenvalue weighted by Gasteiger charge is 2.36. The van der Waals surface area contributed by atoms with Crippen LogP contribution in [0.1, 0.15) is 53.8 Å². The van der Waals surface area contributed by atoms with Gasteiger partial charge in [0.2, 0.25) is 0 Å². The van der Waals surface area contributed by atoms with Crippen molar-refractivity contribution in [2.75, 3.05) is 6.54 Å². The van der Waals surface area contributed by atoms with E-state index in [1.54, 1.807) is 24.3 Å². The number of hydrogen-bond donors (Lipinski definition) is 3. The summed E-state index contributed by atoms with van der Waals surface area (Å²) in [5.41, 5.74) is 5.76. The maximum atomic E-state index is 12.3. The van der Waals surface area contributed by atoms with Crippen molar-refractivity contribution in [3.05, 3.63) is 35.4 Å². The third-order valence-electron chi connectivity index (χ3n) is 5.52. The molecule has 0 saturated heterocycles. The van der Waals surface area contributed by atoms with Gasteiger partial charge in [-0.15, -0.1) is 0 Å². The normalized spacial score (nSPS) is 24.4. The SMILES string of the molecule is C[C@@H]1[C@@H](C)CCC[C@H]1NC(=S)NNC(=O)CN1C(=O)c2ccccc2C1=O. The van der Waals surface area contributed by atoms with Gasteiger partial charge >= 0.3 is 0 Å². The Labute approximate surface area is 163 Å². The summed E-state index contributed by atoms with van der Waals surface area (Å²) in [6.07, 6.45) is 3.41. The summed E-state index contributed by atoms with van der Waals surface area (Å²) in [7, 11) is 0. The zero-order valence-electron chi connectivity index (χ0n) is 15.5. The van der Waals surface area contributed by atoms with Gasteiger partial charge in [-0.25, -0.2) is 0 Å². The van der Waals surface area contributed by atoms with Crippen molar-refractivity contribution in [3.63, 3.8) is 0 Å². The van der Waals surface area contributed by atoms with Gasteiger partial charge in [0.15, 0.2) is 5.11 Å². The van der Waals surface area contributed by atoms with Gasteiger partial charge < -0.3 is 5.32 Å². The Hall–Kier alpha value is -2.48. The fourth-order valence-corrected chi connectivity index (χ4v) is 3.88. The molecule has 7 nitrogen and oxygen atoms in total. The van der Waals surface area contributed by atoms with Crippen LogP contribution in [0.25, 0.3) is 0 Å². The predicted octanol–water partition coefficient (Wildman–Crippen LogP) is 1.60. The Morgan fingerprint density at radius 2 is 1.74 bits per heavy atom. The third-order valence-corrected chi connectivity index (χ3v) is 5.74. The number of carbonyl (C=O) groups is 3. The molecule has 8 heteroatoms. The fourth-order valence-electron chi connectivity index (χ4n) is 3.68. The zero-order valence-corrected chi connectivity index (χ0v) is 16.3. The number of fused-ring (bicyclic) bond motifs is 1. The maximum Gasteiger partial charge on any atom is 0.262 e. The van der Waals surface area contributed by atoms with Crippen LogP contribution in [0.4, 0.5) is 0 Å². The molecule has 144 valence electrons. The van der Waals surface area contributed by atoms with E-state index in [0.717, 1.165) is 17.7 Å². The quantitative estimate of drug-likeness (QED) is 0.414. The molecule has 0 unspecified atom stereocenters. The maximum absolute atomic E-state index is 12.3. The van der Waals surface area contributed by atoms with E-state index in [-0.39, 0.29) is 12.6 Å². The number of imide groups is 1. The topological polar surface area (TPSA) is 90.5 Å². The van der Waals surface area contributed by atoms with Crippen LogP contribution in [0.15, 0.2) is 24.3 Å². The van der Waals surface area contributed by atoms with Crippen molar-refractivity contribution in [2.45, 2.75) is 39.2 Å². The van der Waals surface area contributed by atoms with E-state index >= 15 is 0 Å². The molecule has 1 aromatic rings. The van der Waals surface area contributed by atoms with Crippen LogP contribution >= 0.6 is 12.2 Å². The molecular formula is C19H24N4O3S. The number of hydrazine groups is 1.